The molecule has 304 valence electrons. The Hall–Kier alpha value is -4.18. The number of unbranched alkanes of at least 4 members (excludes halogenated alkanes) is 3. The van der Waals surface area contributed by atoms with Gasteiger partial charge in [0.15, 0.2) is 0 Å². The number of imidazole rings is 1. The topological polar surface area (TPSA) is 206 Å². The van der Waals surface area contributed by atoms with Gasteiger partial charge in [-0.25, -0.2) is 14.3 Å². The first-order valence-corrected chi connectivity index (χ1v) is 20.5. The average Bonchev–Trinajstić information content (AvgIpc) is 3.41. The predicted octanol–water partition coefficient (Wildman–Crippen LogP) is 4.75. The van der Waals surface area contributed by atoms with Crippen molar-refractivity contribution >= 4 is 45.6 Å². The second kappa shape index (κ2) is 22.3. The van der Waals surface area contributed by atoms with E-state index in [-0.39, 0.29) is 35.3 Å². The van der Waals surface area contributed by atoms with Gasteiger partial charge in [0, 0.05) is 39.1 Å². The summed E-state index contributed by atoms with van der Waals surface area (Å²) in [6.45, 7) is 10.8. The number of aromatic nitrogens is 2. The number of H-pyrrole nitrogens is 1. The van der Waals surface area contributed by atoms with E-state index in [1.807, 2.05) is 62.6 Å². The van der Waals surface area contributed by atoms with Crippen LogP contribution < -0.4 is 21.5 Å². The molecule has 3 fully saturated rings. The molecular weight excluding hydrogens is 715 g/mol. The Morgan fingerprint density at radius 2 is 1.72 bits per heavy atom. The Labute approximate surface area is 320 Å². The smallest absolute Gasteiger partial charge is 0.407 e. The monoisotopic (exact) mass is 777 g/mol. The van der Waals surface area contributed by atoms with Crippen molar-refractivity contribution in [3.63, 3.8) is 0 Å². The Morgan fingerprint density at radius 1 is 1.06 bits per heavy atom. The normalized spacial score (nSPS) is 19.6. The van der Waals surface area contributed by atoms with Crippen LogP contribution in [-0.4, -0.2) is 90.3 Å². The van der Waals surface area contributed by atoms with Gasteiger partial charge in [0.2, 0.25) is 18.2 Å². The molecule has 16 heteroatoms. The van der Waals surface area contributed by atoms with Crippen molar-refractivity contribution in [1.82, 2.24) is 28.8 Å². The summed E-state index contributed by atoms with van der Waals surface area (Å²) in [4.78, 5) is 59.5. The van der Waals surface area contributed by atoms with Crippen LogP contribution >= 0.6 is 0 Å². The molecule has 5 N–H and O–H groups in total. The Kier molecular flexibility index (Phi) is 19.0. The summed E-state index contributed by atoms with van der Waals surface area (Å²) < 4.78 is 32.9. The third kappa shape index (κ3) is 15.7. The van der Waals surface area contributed by atoms with Gasteiger partial charge in [-0.2, -0.15) is 12.7 Å². The number of likely N-dealkylation sites (tertiary alicyclic amines) is 1. The summed E-state index contributed by atoms with van der Waals surface area (Å²) in [5.74, 6) is -0.766. The third-order valence-electron chi connectivity index (χ3n) is 9.04. The molecule has 2 heterocycles. The van der Waals surface area contributed by atoms with E-state index in [1.165, 1.54) is 51.1 Å². The minimum absolute atomic E-state index is 0.0445. The number of nitrogens with two attached hydrogens (primary N) is 1. The quantitative estimate of drug-likeness (QED) is 0.134. The average molecular weight is 778 g/mol. The van der Waals surface area contributed by atoms with Gasteiger partial charge in [0.05, 0.1) is 11.0 Å². The number of nitrogens with one attached hydrogen (secondary N) is 3. The number of para-hydroxylation sites is 2. The predicted molar refractivity (Wildman–Crippen MR) is 211 cm³/mol. The second-order valence-corrected chi connectivity index (χ2v) is 16.8. The standard InChI is InChI=1S/C13H24N2O3S.C12H14N2O.C7H15NO2.C6H10N2O2/c1-4-5-6-7-8-9-11-10-12(11)13(16)14-19(17,18)15(2)3;15-12-13-10-7-3-4-8-11(10)14(12)9-5-1-2-6-9;1-5-8-6(9)10-7(2,3)4;7-6(10)5-2-1-3-8(5)4-9/h8-9,11-12H,4-7,10H2,1-3H3,(H,14,16);3-4,7-9H,1-2,5-6H2,(H,13,15);5H2,1-4H3,(H,8,9);4-5H,1-3H2,(H2,7,10)/b9-8-;;;. The lowest BCUT2D eigenvalue weighted by Gasteiger charge is -2.19. The maximum atomic E-state index is 11.8. The largest absolute Gasteiger partial charge is 0.444 e. The number of hydrogen-bond donors (Lipinski definition) is 4. The molecule has 1 aromatic heterocycles. The van der Waals surface area contributed by atoms with Crippen LogP contribution in [0.1, 0.15) is 111 Å². The highest BCUT2D eigenvalue weighted by molar-refractivity contribution is 7.87. The SMILES string of the molecule is CCCCC/C=C\C1CC1C(=O)NS(=O)(=O)N(C)C.CCNC(=O)OC(C)(C)C.NC(=O)C1CCCN1C=O.O=c1[nH]c2ccccc2n1C1CCCC1. The van der Waals surface area contributed by atoms with Crippen LogP contribution in [0.5, 0.6) is 0 Å². The van der Waals surface area contributed by atoms with Crippen LogP contribution in [0.25, 0.3) is 11.0 Å². The van der Waals surface area contributed by atoms with Gasteiger partial charge in [-0.15, -0.1) is 0 Å². The second-order valence-electron chi connectivity index (χ2n) is 14.9. The van der Waals surface area contributed by atoms with Gasteiger partial charge in [-0.05, 0) is 90.7 Å². The van der Waals surface area contributed by atoms with Crippen LogP contribution in [0.2, 0.25) is 0 Å². The summed E-state index contributed by atoms with van der Waals surface area (Å²) in [6, 6.07) is 7.98. The van der Waals surface area contributed by atoms with Crippen molar-refractivity contribution < 1.29 is 32.3 Å². The molecular formula is C38H63N7O8S. The molecule has 3 unspecified atom stereocenters. The van der Waals surface area contributed by atoms with E-state index in [0.29, 0.717) is 32.0 Å². The molecule has 0 bridgehead atoms. The first kappa shape index (κ1) is 46.0. The number of nitrogens with zero attached hydrogens (tertiary/aromatic N) is 3. The molecule has 0 spiro atoms. The van der Waals surface area contributed by atoms with Crippen molar-refractivity contribution in [2.45, 2.75) is 123 Å². The minimum Gasteiger partial charge on any atom is -0.444 e. The van der Waals surface area contributed by atoms with Gasteiger partial charge in [0.25, 0.3) is 0 Å². The number of carbonyl (C=O) groups excluding carboxylic acids is 4. The van der Waals surface area contributed by atoms with Gasteiger partial charge in [0.1, 0.15) is 11.6 Å². The first-order chi connectivity index (χ1) is 25.4. The van der Waals surface area contributed by atoms with Crippen molar-refractivity contribution in [2.24, 2.45) is 17.6 Å². The molecule has 54 heavy (non-hydrogen) atoms. The van der Waals surface area contributed by atoms with Crippen molar-refractivity contribution in [2.75, 3.05) is 27.2 Å². The molecule has 3 atom stereocenters. The lowest BCUT2D eigenvalue weighted by atomic mass is 10.2. The van der Waals surface area contributed by atoms with E-state index in [2.05, 4.69) is 28.0 Å². The highest BCUT2D eigenvalue weighted by Gasteiger charge is 2.42. The molecule has 2 aliphatic carbocycles. The molecule has 2 saturated carbocycles. The van der Waals surface area contributed by atoms with Crippen LogP contribution in [0, 0.1) is 11.8 Å². The van der Waals surface area contributed by atoms with Gasteiger partial charge in [-0.3, -0.25) is 19.0 Å². The van der Waals surface area contributed by atoms with E-state index < -0.39 is 22.0 Å². The number of ether oxygens (including phenoxy) is 1. The van der Waals surface area contributed by atoms with Crippen molar-refractivity contribution in [1.29, 1.82) is 0 Å². The number of allylic oxidation sites excluding steroid dienone is 2. The van der Waals surface area contributed by atoms with E-state index in [1.54, 1.807) is 0 Å². The van der Waals surface area contributed by atoms with Crippen LogP contribution in [-0.2, 0) is 29.3 Å². The van der Waals surface area contributed by atoms with Crippen LogP contribution in [0.4, 0.5) is 4.79 Å². The number of benzene rings is 1. The number of carbonyl (C=O) groups is 4. The summed E-state index contributed by atoms with van der Waals surface area (Å²) >= 11 is 0. The minimum atomic E-state index is -3.65. The van der Waals surface area contributed by atoms with Gasteiger partial charge >= 0.3 is 22.0 Å². The summed E-state index contributed by atoms with van der Waals surface area (Å²) in [7, 11) is -0.856. The van der Waals surface area contributed by atoms with Crippen LogP contribution in [0.3, 0.4) is 0 Å². The summed E-state index contributed by atoms with van der Waals surface area (Å²) in [5, 5.41) is 2.54. The van der Waals surface area contributed by atoms with E-state index in [9.17, 15) is 32.4 Å². The maximum Gasteiger partial charge on any atom is 0.407 e. The first-order valence-electron chi connectivity index (χ1n) is 19.0. The van der Waals surface area contributed by atoms with E-state index in [4.69, 9.17) is 10.5 Å². The number of fused-ring (bicyclic) bond motifs is 1. The molecule has 1 aliphatic heterocycles. The zero-order chi connectivity index (χ0) is 40.5. The molecule has 0 radical (unpaired) electrons. The fraction of sp³-hybridized carbons (Fsp3) is 0.658. The third-order valence-corrected chi connectivity index (χ3v) is 10.5. The molecule has 1 aromatic carbocycles. The molecule has 3 aliphatic rings. The molecule has 2 aromatic rings. The van der Waals surface area contributed by atoms with Crippen molar-refractivity contribution in [3.05, 3.63) is 46.9 Å². The fourth-order valence-electron chi connectivity index (χ4n) is 6.08. The zero-order valence-corrected chi connectivity index (χ0v) is 34.0. The lowest BCUT2D eigenvalue weighted by Crippen LogP contribution is -2.40. The maximum absolute atomic E-state index is 11.8. The van der Waals surface area contributed by atoms with E-state index >= 15 is 0 Å². The lowest BCUT2D eigenvalue weighted by molar-refractivity contribution is -0.128. The van der Waals surface area contributed by atoms with Crippen LogP contribution in [0.15, 0.2) is 41.2 Å². The number of primary amides is 1. The molecule has 4 amide bonds. The summed E-state index contributed by atoms with van der Waals surface area (Å²) in [5.41, 5.74) is 6.68. The highest BCUT2D eigenvalue weighted by atomic mass is 32.2. The fourth-order valence-corrected chi connectivity index (χ4v) is 6.67. The van der Waals surface area contributed by atoms with Gasteiger partial charge < -0.3 is 25.7 Å². The van der Waals surface area contributed by atoms with E-state index in [0.717, 1.165) is 47.4 Å². The number of alkyl carbamates (subject to hydrolysis) is 1. The van der Waals surface area contributed by atoms with Gasteiger partial charge in [-0.1, -0.05) is 56.9 Å². The number of rotatable bonds is 12. The summed E-state index contributed by atoms with van der Waals surface area (Å²) in [6.07, 6.45) is 16.2. The number of aromatic amines is 1. The molecule has 5 rings (SSSR count). The number of hydrogen-bond acceptors (Lipinski definition) is 8. The zero-order valence-electron chi connectivity index (χ0n) is 33.1. The number of amides is 4. The molecule has 1 saturated heterocycles. The Bertz CT molecular complexity index is 1690. The van der Waals surface area contributed by atoms with Crippen molar-refractivity contribution in [3.8, 4) is 0 Å². The Morgan fingerprint density at radius 3 is 2.28 bits per heavy atom. The Balaban J connectivity index is 0.000000259. The molecule has 15 nitrogen and oxygen atoms in total. The highest BCUT2D eigenvalue weighted by Crippen LogP contribution is 2.40.